The summed E-state index contributed by atoms with van der Waals surface area (Å²) in [5, 5.41) is 10.6. The largest absolute Gasteiger partial charge is 0.427 e. The number of ketones is 1. The van der Waals surface area contributed by atoms with Crippen molar-refractivity contribution in [3.63, 3.8) is 0 Å². The number of anilines is 1. The molecule has 0 radical (unpaired) electrons. The molecule has 0 atom stereocenters. The molecule has 1 rings (SSSR count). The molecule has 0 heterocycles. The minimum atomic E-state index is -3.21. The second-order valence-corrected chi connectivity index (χ2v) is 3.10. The second kappa shape index (κ2) is 4.73. The van der Waals surface area contributed by atoms with E-state index in [1.807, 2.05) is 0 Å². The van der Waals surface area contributed by atoms with Crippen molar-refractivity contribution in [2.75, 3.05) is 5.73 Å². The zero-order valence-corrected chi connectivity index (χ0v) is 8.65. The lowest BCUT2D eigenvalue weighted by Gasteiger charge is -2.08. The van der Waals surface area contributed by atoms with Crippen LogP contribution < -0.4 is 10.5 Å². The van der Waals surface area contributed by atoms with E-state index in [0.29, 0.717) is 0 Å². The first-order chi connectivity index (χ1) is 7.82. The van der Waals surface area contributed by atoms with Crippen LogP contribution in [0.5, 0.6) is 5.75 Å². The summed E-state index contributed by atoms with van der Waals surface area (Å²) < 4.78 is 28.0. The topological polar surface area (TPSA) is 95.5 Å². The Kier molecular flexibility index (Phi) is 3.56. The number of hydrogen-bond donors (Lipinski definition) is 1. The molecule has 2 N–H and O–H groups in total. The van der Waals surface area contributed by atoms with E-state index < -0.39 is 28.8 Å². The standard InChI is InChI=1S/C9H8F2N2O4/c1-4(14)5-2-7(13(15)16)8(3-6(5)12)17-9(10)11/h2-3,9H,12H2,1H3. The van der Waals surface area contributed by atoms with Gasteiger partial charge in [0.15, 0.2) is 5.78 Å². The van der Waals surface area contributed by atoms with E-state index >= 15 is 0 Å². The average Bonchev–Trinajstić information content (AvgIpc) is 2.15. The van der Waals surface area contributed by atoms with E-state index in [2.05, 4.69) is 4.74 Å². The van der Waals surface area contributed by atoms with Gasteiger partial charge in [-0.3, -0.25) is 14.9 Å². The number of Topliss-reactive ketones (excluding diaryl/α,β-unsaturated/α-hetero) is 1. The number of carbonyl (C=O) groups is 1. The minimum Gasteiger partial charge on any atom is -0.427 e. The van der Waals surface area contributed by atoms with Crippen LogP contribution in [-0.2, 0) is 0 Å². The summed E-state index contributed by atoms with van der Waals surface area (Å²) in [5.74, 6) is -1.18. The number of carbonyl (C=O) groups excluding carboxylic acids is 1. The highest BCUT2D eigenvalue weighted by atomic mass is 19.3. The van der Waals surface area contributed by atoms with Crippen molar-refractivity contribution in [3.05, 3.63) is 27.8 Å². The molecule has 0 bridgehead atoms. The minimum absolute atomic E-state index is 0.113. The Balaban J connectivity index is 3.35. The molecule has 0 fully saturated rings. The molecule has 0 aliphatic rings. The van der Waals surface area contributed by atoms with Gasteiger partial charge < -0.3 is 10.5 Å². The molecule has 1 aromatic rings. The summed E-state index contributed by atoms with van der Waals surface area (Å²) in [6.45, 7) is -2.06. The molecule has 0 saturated heterocycles. The number of hydrogen-bond acceptors (Lipinski definition) is 5. The third-order valence-corrected chi connectivity index (χ3v) is 1.92. The summed E-state index contributed by atoms with van der Waals surface area (Å²) in [6.07, 6.45) is 0. The number of halogens is 2. The number of alkyl halides is 2. The lowest BCUT2D eigenvalue weighted by Crippen LogP contribution is -2.07. The SMILES string of the molecule is CC(=O)c1cc([N+](=O)[O-])c(OC(F)F)cc1N. The molecule has 0 aliphatic heterocycles. The molecule has 0 unspecified atom stereocenters. The van der Waals surface area contributed by atoms with Crippen LogP contribution in [-0.4, -0.2) is 17.3 Å². The third kappa shape index (κ3) is 2.86. The molecular formula is C9H8F2N2O4. The molecule has 0 aromatic heterocycles. The van der Waals surface area contributed by atoms with Gasteiger partial charge in [-0.25, -0.2) is 0 Å². The van der Waals surface area contributed by atoms with Crippen molar-refractivity contribution < 1.29 is 23.2 Å². The van der Waals surface area contributed by atoms with Crippen molar-refractivity contribution in [1.29, 1.82) is 0 Å². The first kappa shape index (κ1) is 12.8. The summed E-state index contributed by atoms with van der Waals surface area (Å²) in [7, 11) is 0. The third-order valence-electron chi connectivity index (χ3n) is 1.92. The van der Waals surface area contributed by atoms with Gasteiger partial charge >= 0.3 is 12.3 Å². The molecular weight excluding hydrogens is 238 g/mol. The Morgan fingerprint density at radius 3 is 2.53 bits per heavy atom. The van der Waals surface area contributed by atoms with Gasteiger partial charge in [-0.05, 0) is 6.92 Å². The van der Waals surface area contributed by atoms with E-state index in [4.69, 9.17) is 5.73 Å². The van der Waals surface area contributed by atoms with Crippen molar-refractivity contribution in [2.24, 2.45) is 0 Å². The molecule has 1 aromatic carbocycles. The fourth-order valence-electron chi connectivity index (χ4n) is 1.22. The molecule has 0 amide bonds. The predicted octanol–water partition coefficient (Wildman–Crippen LogP) is 1.98. The molecule has 0 saturated carbocycles. The number of nitro benzene ring substituents is 1. The van der Waals surface area contributed by atoms with Crippen LogP contribution in [0, 0.1) is 10.1 Å². The fraction of sp³-hybridized carbons (Fsp3) is 0.222. The summed E-state index contributed by atoms with van der Waals surface area (Å²) in [4.78, 5) is 20.8. The Bertz CT molecular complexity index is 476. The maximum Gasteiger partial charge on any atom is 0.387 e. The monoisotopic (exact) mass is 246 g/mol. The maximum atomic E-state index is 12.0. The van der Waals surface area contributed by atoms with Crippen LogP contribution in [0.15, 0.2) is 12.1 Å². The summed E-state index contributed by atoms with van der Waals surface area (Å²) >= 11 is 0. The number of benzene rings is 1. The number of nitrogen functional groups attached to an aromatic ring is 1. The van der Waals surface area contributed by atoms with Gasteiger partial charge in [-0.2, -0.15) is 8.78 Å². The lowest BCUT2D eigenvalue weighted by molar-refractivity contribution is -0.386. The molecule has 0 spiro atoms. The van der Waals surface area contributed by atoms with Crippen LogP contribution in [0.2, 0.25) is 0 Å². The Morgan fingerprint density at radius 2 is 2.12 bits per heavy atom. The van der Waals surface area contributed by atoms with Crippen molar-refractivity contribution >= 4 is 17.2 Å². The van der Waals surface area contributed by atoms with Crippen LogP contribution in [0.4, 0.5) is 20.2 Å². The first-order valence-electron chi connectivity index (χ1n) is 4.36. The van der Waals surface area contributed by atoms with Crippen LogP contribution >= 0.6 is 0 Å². The van der Waals surface area contributed by atoms with Crippen LogP contribution in [0.3, 0.4) is 0 Å². The van der Waals surface area contributed by atoms with E-state index in [1.54, 1.807) is 0 Å². The van der Waals surface area contributed by atoms with Crippen molar-refractivity contribution in [2.45, 2.75) is 13.5 Å². The Labute approximate surface area is 94.1 Å². The quantitative estimate of drug-likeness (QED) is 0.379. The Morgan fingerprint density at radius 1 is 1.53 bits per heavy atom. The van der Waals surface area contributed by atoms with Gasteiger partial charge in [0.1, 0.15) is 0 Å². The second-order valence-electron chi connectivity index (χ2n) is 3.10. The smallest absolute Gasteiger partial charge is 0.387 e. The summed E-state index contributed by atoms with van der Waals surface area (Å²) in [6, 6.07) is 1.65. The Hall–Kier alpha value is -2.25. The van der Waals surface area contributed by atoms with Gasteiger partial charge in [-0.1, -0.05) is 0 Å². The number of rotatable bonds is 4. The van der Waals surface area contributed by atoms with E-state index in [0.717, 1.165) is 19.1 Å². The first-order valence-corrected chi connectivity index (χ1v) is 4.36. The van der Waals surface area contributed by atoms with E-state index in [1.165, 1.54) is 0 Å². The molecule has 0 aliphatic carbocycles. The van der Waals surface area contributed by atoms with Crippen molar-refractivity contribution in [3.8, 4) is 5.75 Å². The van der Waals surface area contributed by atoms with Gasteiger partial charge in [0.2, 0.25) is 5.75 Å². The maximum absolute atomic E-state index is 12.0. The van der Waals surface area contributed by atoms with Gasteiger partial charge in [-0.15, -0.1) is 0 Å². The molecule has 92 valence electrons. The number of nitro groups is 1. The zero-order chi connectivity index (χ0) is 13.2. The molecule has 6 nitrogen and oxygen atoms in total. The highest BCUT2D eigenvalue weighted by Crippen LogP contribution is 2.33. The lowest BCUT2D eigenvalue weighted by atomic mass is 10.1. The zero-order valence-electron chi connectivity index (χ0n) is 8.65. The van der Waals surface area contributed by atoms with E-state index in [9.17, 15) is 23.7 Å². The van der Waals surface area contributed by atoms with Crippen molar-refractivity contribution in [1.82, 2.24) is 0 Å². The number of nitrogens with zero attached hydrogens (tertiary/aromatic N) is 1. The van der Waals surface area contributed by atoms with Gasteiger partial charge in [0, 0.05) is 23.4 Å². The summed E-state index contributed by atoms with van der Waals surface area (Å²) in [5.41, 5.74) is 4.40. The predicted molar refractivity (Wildman–Crippen MR) is 54.1 cm³/mol. The normalized spacial score (nSPS) is 10.4. The van der Waals surface area contributed by atoms with E-state index in [-0.39, 0.29) is 11.3 Å². The highest BCUT2D eigenvalue weighted by molar-refractivity contribution is 6.00. The van der Waals surface area contributed by atoms with Crippen LogP contribution in [0.1, 0.15) is 17.3 Å². The van der Waals surface area contributed by atoms with Gasteiger partial charge in [0.25, 0.3) is 0 Å². The average molecular weight is 246 g/mol. The molecule has 8 heteroatoms. The number of ether oxygens (including phenoxy) is 1. The fourth-order valence-corrected chi connectivity index (χ4v) is 1.22. The molecule has 17 heavy (non-hydrogen) atoms. The number of nitrogens with two attached hydrogens (primary N) is 1. The van der Waals surface area contributed by atoms with Crippen LogP contribution in [0.25, 0.3) is 0 Å². The van der Waals surface area contributed by atoms with Gasteiger partial charge in [0.05, 0.1) is 4.92 Å². The highest BCUT2D eigenvalue weighted by Gasteiger charge is 2.22.